The van der Waals surface area contributed by atoms with Crippen molar-refractivity contribution in [1.82, 2.24) is 4.57 Å². The maximum absolute atomic E-state index is 2.47. The Bertz CT molecular complexity index is 3310. The molecule has 10 aromatic carbocycles. The molecule has 0 fully saturated rings. The second-order valence-electron chi connectivity index (χ2n) is 15.3. The molecule has 0 bridgehead atoms. The topological polar surface area (TPSA) is 8.17 Å². The molecule has 0 aliphatic carbocycles. The highest BCUT2D eigenvalue weighted by atomic mass is 15.1. The lowest BCUT2D eigenvalue weighted by Gasteiger charge is -2.30. The third-order valence-electron chi connectivity index (χ3n) is 11.8. The van der Waals surface area contributed by atoms with Crippen molar-refractivity contribution in [3.63, 3.8) is 0 Å². The van der Waals surface area contributed by atoms with Crippen molar-refractivity contribution in [3.8, 4) is 50.2 Å². The van der Waals surface area contributed by atoms with Crippen LogP contribution in [0.5, 0.6) is 0 Å². The number of fused-ring (bicyclic) bond motifs is 4. The summed E-state index contributed by atoms with van der Waals surface area (Å²) in [5, 5.41) is 4.89. The van der Waals surface area contributed by atoms with Crippen LogP contribution in [-0.2, 0) is 0 Å². The van der Waals surface area contributed by atoms with Gasteiger partial charge in [0.15, 0.2) is 0 Å². The number of anilines is 3. The van der Waals surface area contributed by atoms with Gasteiger partial charge in [0.1, 0.15) is 0 Å². The minimum atomic E-state index is 1.08. The van der Waals surface area contributed by atoms with Gasteiger partial charge < -0.3 is 9.47 Å². The summed E-state index contributed by atoms with van der Waals surface area (Å²) in [5.41, 5.74) is 16.2. The van der Waals surface area contributed by atoms with Gasteiger partial charge in [-0.15, -0.1) is 0 Å². The first kappa shape index (κ1) is 35.2. The third kappa shape index (κ3) is 6.23. The van der Waals surface area contributed by atoms with E-state index in [4.69, 9.17) is 0 Å². The molecule has 0 saturated heterocycles. The monoisotopic (exact) mass is 764 g/mol. The smallest absolute Gasteiger partial charge is 0.0546 e. The predicted molar refractivity (Wildman–Crippen MR) is 255 cm³/mol. The number of hydrogen-bond donors (Lipinski definition) is 0. The lowest BCUT2D eigenvalue weighted by Crippen LogP contribution is -2.12. The Kier molecular flexibility index (Phi) is 8.87. The first-order chi connectivity index (χ1) is 29.8. The quantitative estimate of drug-likeness (QED) is 0.150. The molecule has 1 aromatic heterocycles. The standard InChI is InChI=1S/C58H40N2/c1-4-19-42(20-5-1)50-28-12-13-30-53(50)58-51(43-21-6-2-7-22-43)31-17-33-57(58)59(48-27-16-24-45(39-48)46-35-34-41-18-10-11-23-44(41)38-46)49-36-37-56-54(40-49)52-29-14-15-32-55(52)60(56)47-25-8-3-9-26-47/h1-40H. The molecular weight excluding hydrogens is 725 g/mol. The summed E-state index contributed by atoms with van der Waals surface area (Å²) in [5.74, 6) is 0. The molecule has 11 rings (SSSR count). The Morgan fingerprint density at radius 3 is 1.67 bits per heavy atom. The number of benzene rings is 10. The van der Waals surface area contributed by atoms with E-state index in [-0.39, 0.29) is 0 Å². The van der Waals surface area contributed by atoms with Crippen LogP contribution >= 0.6 is 0 Å². The minimum Gasteiger partial charge on any atom is -0.310 e. The molecule has 282 valence electrons. The van der Waals surface area contributed by atoms with Crippen LogP contribution in [-0.4, -0.2) is 4.57 Å². The summed E-state index contributed by atoms with van der Waals surface area (Å²) in [6.07, 6.45) is 0. The maximum Gasteiger partial charge on any atom is 0.0546 e. The van der Waals surface area contributed by atoms with Crippen molar-refractivity contribution in [2.75, 3.05) is 4.90 Å². The van der Waals surface area contributed by atoms with Crippen molar-refractivity contribution in [3.05, 3.63) is 243 Å². The van der Waals surface area contributed by atoms with E-state index in [0.717, 1.165) is 28.3 Å². The van der Waals surface area contributed by atoms with Gasteiger partial charge in [-0.25, -0.2) is 0 Å². The van der Waals surface area contributed by atoms with Crippen molar-refractivity contribution < 1.29 is 0 Å². The lowest BCUT2D eigenvalue weighted by molar-refractivity contribution is 1.18. The van der Waals surface area contributed by atoms with Crippen molar-refractivity contribution in [2.24, 2.45) is 0 Å². The normalized spacial score (nSPS) is 11.3. The molecule has 0 saturated carbocycles. The summed E-state index contributed by atoms with van der Waals surface area (Å²) < 4.78 is 2.39. The molecule has 2 nitrogen and oxygen atoms in total. The summed E-state index contributed by atoms with van der Waals surface area (Å²) in [6, 6.07) is 88.1. The Morgan fingerprint density at radius 2 is 0.867 bits per heavy atom. The molecule has 0 spiro atoms. The molecular formula is C58H40N2. The van der Waals surface area contributed by atoms with E-state index < -0.39 is 0 Å². The molecule has 0 aliphatic heterocycles. The first-order valence-electron chi connectivity index (χ1n) is 20.6. The van der Waals surface area contributed by atoms with E-state index in [0.29, 0.717) is 0 Å². The summed E-state index contributed by atoms with van der Waals surface area (Å²) in [7, 11) is 0. The van der Waals surface area contributed by atoms with Crippen molar-refractivity contribution >= 4 is 49.6 Å². The van der Waals surface area contributed by atoms with Crippen molar-refractivity contribution in [1.29, 1.82) is 0 Å². The Balaban J connectivity index is 1.20. The molecule has 11 aromatic rings. The SMILES string of the molecule is c1ccc(-c2ccccc2-c2c(-c3ccccc3)cccc2N(c2cccc(-c3ccc4ccccc4c3)c2)c2ccc3c(c2)c2ccccc2n3-c2ccccc2)cc1. The zero-order chi connectivity index (χ0) is 39.8. The van der Waals surface area contributed by atoms with Crippen LogP contribution < -0.4 is 4.90 Å². The van der Waals surface area contributed by atoms with Gasteiger partial charge in [0.2, 0.25) is 0 Å². The molecule has 0 N–H and O–H groups in total. The van der Waals surface area contributed by atoms with Gasteiger partial charge in [0.25, 0.3) is 0 Å². The largest absolute Gasteiger partial charge is 0.310 e. The third-order valence-corrected chi connectivity index (χ3v) is 11.8. The molecule has 0 unspecified atom stereocenters. The highest BCUT2D eigenvalue weighted by molar-refractivity contribution is 6.11. The van der Waals surface area contributed by atoms with Gasteiger partial charge in [-0.05, 0) is 110 Å². The zero-order valence-electron chi connectivity index (χ0n) is 33.0. The van der Waals surface area contributed by atoms with Crippen LogP contribution in [0, 0.1) is 0 Å². The van der Waals surface area contributed by atoms with Crippen LogP contribution in [0.25, 0.3) is 82.8 Å². The predicted octanol–water partition coefficient (Wildman–Crippen LogP) is 16.1. The average molecular weight is 765 g/mol. The summed E-state index contributed by atoms with van der Waals surface area (Å²) >= 11 is 0. The maximum atomic E-state index is 2.47. The summed E-state index contributed by atoms with van der Waals surface area (Å²) in [4.78, 5) is 2.47. The van der Waals surface area contributed by atoms with Gasteiger partial charge in [0.05, 0.1) is 16.7 Å². The summed E-state index contributed by atoms with van der Waals surface area (Å²) in [6.45, 7) is 0. The van der Waals surface area contributed by atoms with Crippen LogP contribution in [0.4, 0.5) is 17.1 Å². The zero-order valence-corrected chi connectivity index (χ0v) is 33.0. The number of hydrogen-bond acceptors (Lipinski definition) is 1. The number of para-hydroxylation sites is 2. The minimum absolute atomic E-state index is 1.08. The van der Waals surface area contributed by atoms with E-state index in [1.807, 2.05) is 0 Å². The van der Waals surface area contributed by atoms with E-state index in [9.17, 15) is 0 Å². The van der Waals surface area contributed by atoms with E-state index in [1.165, 1.54) is 71.5 Å². The lowest BCUT2D eigenvalue weighted by atomic mass is 9.87. The van der Waals surface area contributed by atoms with Gasteiger partial charge >= 0.3 is 0 Å². The van der Waals surface area contributed by atoms with Crippen LogP contribution in [0.1, 0.15) is 0 Å². The Hall–Kier alpha value is -7.94. The molecule has 0 amide bonds. The average Bonchev–Trinajstić information content (AvgIpc) is 3.66. The molecule has 0 aliphatic rings. The highest BCUT2D eigenvalue weighted by Gasteiger charge is 2.24. The molecule has 1 heterocycles. The first-order valence-corrected chi connectivity index (χ1v) is 20.6. The molecule has 0 atom stereocenters. The molecule has 2 heteroatoms. The van der Waals surface area contributed by atoms with Gasteiger partial charge in [-0.3, -0.25) is 0 Å². The number of rotatable bonds is 8. The van der Waals surface area contributed by atoms with Gasteiger partial charge in [-0.2, -0.15) is 0 Å². The van der Waals surface area contributed by atoms with E-state index in [2.05, 4.69) is 252 Å². The number of nitrogens with zero attached hydrogens (tertiary/aromatic N) is 2. The van der Waals surface area contributed by atoms with Gasteiger partial charge in [0, 0.05) is 33.4 Å². The second-order valence-corrected chi connectivity index (χ2v) is 15.3. The van der Waals surface area contributed by atoms with Crippen LogP contribution in [0.2, 0.25) is 0 Å². The Labute approximate surface area is 350 Å². The fraction of sp³-hybridized carbons (Fsp3) is 0. The number of aromatic nitrogens is 1. The van der Waals surface area contributed by atoms with Crippen LogP contribution in [0.15, 0.2) is 243 Å². The molecule has 60 heavy (non-hydrogen) atoms. The van der Waals surface area contributed by atoms with E-state index in [1.54, 1.807) is 0 Å². The molecule has 0 radical (unpaired) electrons. The second kappa shape index (κ2) is 15.1. The van der Waals surface area contributed by atoms with Crippen molar-refractivity contribution in [2.45, 2.75) is 0 Å². The highest BCUT2D eigenvalue weighted by Crippen LogP contribution is 2.49. The van der Waals surface area contributed by atoms with Crippen LogP contribution in [0.3, 0.4) is 0 Å². The fourth-order valence-corrected chi connectivity index (χ4v) is 9.01. The van der Waals surface area contributed by atoms with E-state index >= 15 is 0 Å². The Morgan fingerprint density at radius 1 is 0.300 bits per heavy atom. The fourth-order valence-electron chi connectivity index (χ4n) is 9.01. The van der Waals surface area contributed by atoms with Gasteiger partial charge in [-0.1, -0.05) is 182 Å².